The Bertz CT molecular complexity index is 618. The molecule has 19 heavy (non-hydrogen) atoms. The largest absolute Gasteiger partial charge is 0.530 e. The summed E-state index contributed by atoms with van der Waals surface area (Å²) in [6.07, 6.45) is 0.336. The molecule has 0 radical (unpaired) electrons. The van der Waals surface area contributed by atoms with Gasteiger partial charge in [-0.05, 0) is 46.2 Å². The summed E-state index contributed by atoms with van der Waals surface area (Å²) >= 11 is 2.15. The highest BCUT2D eigenvalue weighted by Crippen LogP contribution is 2.29. The van der Waals surface area contributed by atoms with Crippen LogP contribution in [0.5, 0.6) is 5.75 Å². The van der Waals surface area contributed by atoms with Crippen LogP contribution in [0.3, 0.4) is 0 Å². The van der Waals surface area contributed by atoms with Gasteiger partial charge in [0.05, 0.1) is 10.1 Å². The van der Waals surface area contributed by atoms with E-state index in [1.165, 1.54) is 0 Å². The molecule has 0 aliphatic heterocycles. The summed E-state index contributed by atoms with van der Waals surface area (Å²) in [5, 5.41) is 14.1. The van der Waals surface area contributed by atoms with Crippen LogP contribution in [0.1, 0.15) is 0 Å². The molecule has 1 heterocycles. The van der Waals surface area contributed by atoms with Crippen molar-refractivity contribution < 1.29 is 14.6 Å². The second kappa shape index (κ2) is 5.91. The van der Waals surface area contributed by atoms with Crippen molar-refractivity contribution in [3.63, 3.8) is 0 Å². The molecular formula is C12H11IN3O3-. The van der Waals surface area contributed by atoms with Crippen LogP contribution in [0, 0.1) is 3.57 Å². The number of halogens is 1. The van der Waals surface area contributed by atoms with Crippen LogP contribution < -0.4 is 20.9 Å². The van der Waals surface area contributed by atoms with Crippen molar-refractivity contribution in [2.75, 3.05) is 18.9 Å². The Morgan fingerprint density at radius 3 is 3.05 bits per heavy atom. The van der Waals surface area contributed by atoms with Gasteiger partial charge >= 0.3 is 0 Å². The first-order valence-corrected chi connectivity index (χ1v) is 6.57. The zero-order chi connectivity index (χ0) is 13.8. The summed E-state index contributed by atoms with van der Waals surface area (Å²) in [6, 6.07) is 5.61. The lowest BCUT2D eigenvalue weighted by Gasteiger charge is -2.11. The van der Waals surface area contributed by atoms with E-state index < -0.39 is 6.09 Å². The van der Waals surface area contributed by atoms with Crippen LogP contribution in [-0.2, 0) is 0 Å². The first kappa shape index (κ1) is 13.7. The van der Waals surface area contributed by atoms with Gasteiger partial charge in [-0.1, -0.05) is 0 Å². The van der Waals surface area contributed by atoms with E-state index in [0.29, 0.717) is 11.6 Å². The summed E-state index contributed by atoms with van der Waals surface area (Å²) in [5.74, 6) is 1.08. The molecule has 0 fully saturated rings. The molecule has 1 amide bonds. The van der Waals surface area contributed by atoms with Crippen LogP contribution in [0.25, 0.3) is 10.8 Å². The molecule has 0 saturated carbocycles. The average Bonchev–Trinajstić information content (AvgIpc) is 2.35. The van der Waals surface area contributed by atoms with Gasteiger partial charge in [0.15, 0.2) is 0 Å². The van der Waals surface area contributed by atoms with Crippen molar-refractivity contribution in [3.8, 4) is 5.75 Å². The Balaban J connectivity index is 2.16. The van der Waals surface area contributed by atoms with E-state index in [0.717, 1.165) is 14.3 Å². The summed E-state index contributed by atoms with van der Waals surface area (Å²) in [4.78, 5) is 14.2. The standard InChI is InChI=1S/C12H12IN3O3/c13-9-5-7-1-2-15-11(14)8(7)6-10(9)19-4-3-16-12(17)18/h1-2,5-6,16H,3-4H2,(H2,14,15)(H,17,18)/p-1. The van der Waals surface area contributed by atoms with Gasteiger partial charge < -0.3 is 25.7 Å². The molecule has 3 N–H and O–H groups in total. The minimum atomic E-state index is -1.31. The lowest BCUT2D eigenvalue weighted by molar-refractivity contribution is -0.250. The monoisotopic (exact) mass is 372 g/mol. The van der Waals surface area contributed by atoms with Crippen molar-refractivity contribution >= 4 is 45.3 Å². The fourth-order valence-electron chi connectivity index (χ4n) is 1.62. The predicted octanol–water partition coefficient (Wildman–Crippen LogP) is 0.733. The highest BCUT2D eigenvalue weighted by atomic mass is 127. The number of nitrogens with one attached hydrogen (secondary N) is 1. The Morgan fingerprint density at radius 2 is 2.32 bits per heavy atom. The number of nitrogens with zero attached hydrogens (tertiary/aromatic N) is 1. The SMILES string of the molecule is Nc1nccc2cc(I)c(OCCNC(=O)[O-])cc12. The Hall–Kier alpha value is -1.77. The Morgan fingerprint density at radius 1 is 1.53 bits per heavy atom. The summed E-state index contributed by atoms with van der Waals surface area (Å²) in [7, 11) is 0. The molecule has 0 bridgehead atoms. The van der Waals surface area contributed by atoms with Crippen LogP contribution in [0.4, 0.5) is 10.6 Å². The number of carbonyl (C=O) groups excluding carboxylic acids is 1. The van der Waals surface area contributed by atoms with Crippen LogP contribution in [-0.4, -0.2) is 24.2 Å². The van der Waals surface area contributed by atoms with Crippen LogP contribution in [0.2, 0.25) is 0 Å². The van der Waals surface area contributed by atoms with Gasteiger partial charge in [-0.2, -0.15) is 0 Å². The van der Waals surface area contributed by atoms with Crippen LogP contribution in [0.15, 0.2) is 24.4 Å². The number of aromatic nitrogens is 1. The smallest absolute Gasteiger partial charge is 0.134 e. The molecule has 0 atom stereocenters. The molecule has 1 aromatic carbocycles. The third-order valence-electron chi connectivity index (χ3n) is 2.48. The van der Waals surface area contributed by atoms with Crippen molar-refractivity contribution in [2.45, 2.75) is 0 Å². The third kappa shape index (κ3) is 3.37. The van der Waals surface area contributed by atoms with E-state index in [1.807, 2.05) is 12.1 Å². The van der Waals surface area contributed by atoms with Crippen molar-refractivity contribution in [1.82, 2.24) is 10.3 Å². The summed E-state index contributed by atoms with van der Waals surface area (Å²) in [5.41, 5.74) is 5.80. The molecule has 0 saturated heterocycles. The maximum Gasteiger partial charge on any atom is 0.134 e. The zero-order valence-corrected chi connectivity index (χ0v) is 12.0. The highest BCUT2D eigenvalue weighted by Gasteiger charge is 2.06. The minimum Gasteiger partial charge on any atom is -0.530 e. The molecule has 2 rings (SSSR count). The molecule has 100 valence electrons. The van der Waals surface area contributed by atoms with Gasteiger partial charge in [0.2, 0.25) is 0 Å². The number of nitrogens with two attached hydrogens (primary N) is 1. The molecular weight excluding hydrogens is 361 g/mol. The van der Waals surface area contributed by atoms with Gasteiger partial charge in [0.25, 0.3) is 0 Å². The molecule has 0 aliphatic rings. The second-order valence-corrected chi connectivity index (χ2v) is 4.92. The van der Waals surface area contributed by atoms with E-state index >= 15 is 0 Å². The number of rotatable bonds is 4. The van der Waals surface area contributed by atoms with E-state index in [9.17, 15) is 9.90 Å². The third-order valence-corrected chi connectivity index (χ3v) is 3.32. The number of benzene rings is 1. The second-order valence-electron chi connectivity index (χ2n) is 3.76. The van der Waals surface area contributed by atoms with Gasteiger partial charge in [0, 0.05) is 11.6 Å². The number of carbonyl (C=O) groups is 1. The maximum absolute atomic E-state index is 10.2. The number of anilines is 1. The molecule has 6 nitrogen and oxygen atoms in total. The van der Waals surface area contributed by atoms with Gasteiger partial charge in [0.1, 0.15) is 24.3 Å². The number of pyridine rings is 1. The number of fused-ring (bicyclic) bond motifs is 1. The van der Waals surface area contributed by atoms with Crippen molar-refractivity contribution in [1.29, 1.82) is 0 Å². The fourth-order valence-corrected chi connectivity index (χ4v) is 2.27. The lowest BCUT2D eigenvalue weighted by Crippen LogP contribution is -2.38. The highest BCUT2D eigenvalue weighted by molar-refractivity contribution is 14.1. The van der Waals surface area contributed by atoms with E-state index in [2.05, 4.69) is 32.9 Å². The molecule has 0 spiro atoms. The number of ether oxygens (including phenoxy) is 1. The van der Waals surface area contributed by atoms with Gasteiger partial charge in [-0.15, -0.1) is 0 Å². The predicted molar refractivity (Wildman–Crippen MR) is 77.8 cm³/mol. The van der Waals surface area contributed by atoms with Gasteiger partial charge in [-0.25, -0.2) is 4.98 Å². The van der Waals surface area contributed by atoms with E-state index in [4.69, 9.17) is 10.5 Å². The molecule has 0 unspecified atom stereocenters. The van der Waals surface area contributed by atoms with Crippen LogP contribution >= 0.6 is 22.6 Å². The summed E-state index contributed by atoms with van der Waals surface area (Å²) in [6.45, 7) is 0.384. The summed E-state index contributed by atoms with van der Waals surface area (Å²) < 4.78 is 6.43. The zero-order valence-electron chi connectivity index (χ0n) is 9.85. The molecule has 2 aromatic rings. The minimum absolute atomic E-state index is 0.166. The van der Waals surface area contributed by atoms with E-state index in [1.54, 1.807) is 12.3 Å². The number of amides is 1. The lowest BCUT2D eigenvalue weighted by atomic mass is 10.1. The first-order valence-electron chi connectivity index (χ1n) is 5.49. The molecule has 1 aromatic heterocycles. The normalized spacial score (nSPS) is 10.4. The van der Waals surface area contributed by atoms with Crippen molar-refractivity contribution in [2.24, 2.45) is 0 Å². The topological polar surface area (TPSA) is 100 Å². The first-order chi connectivity index (χ1) is 9.08. The quantitative estimate of drug-likeness (QED) is 0.609. The fraction of sp³-hybridized carbons (Fsp3) is 0.167. The molecule has 7 heteroatoms. The Kier molecular flexibility index (Phi) is 4.25. The number of nitrogen functional groups attached to an aromatic ring is 1. The molecule has 0 aliphatic carbocycles. The number of carboxylic acid groups (broad SMARTS) is 1. The number of hydrogen-bond acceptors (Lipinski definition) is 5. The van der Waals surface area contributed by atoms with Crippen molar-refractivity contribution in [3.05, 3.63) is 28.0 Å². The maximum atomic E-state index is 10.2. The van der Waals surface area contributed by atoms with Gasteiger partial charge in [-0.3, -0.25) is 0 Å². The number of hydrogen-bond donors (Lipinski definition) is 2. The average molecular weight is 372 g/mol. The Labute approximate surface area is 123 Å². The van der Waals surface area contributed by atoms with E-state index in [-0.39, 0.29) is 13.2 Å².